The van der Waals surface area contributed by atoms with Crippen molar-refractivity contribution in [2.24, 2.45) is 11.7 Å². The molecule has 1 atom stereocenters. The van der Waals surface area contributed by atoms with Gasteiger partial charge in [-0.25, -0.2) is 0 Å². The second kappa shape index (κ2) is 6.37. The number of nitrogens with two attached hydrogens (primary N) is 1. The number of carbonyl (C=O) groups is 1. The summed E-state index contributed by atoms with van der Waals surface area (Å²) in [7, 11) is 0. The van der Waals surface area contributed by atoms with Crippen LogP contribution in [0.3, 0.4) is 0 Å². The highest BCUT2D eigenvalue weighted by molar-refractivity contribution is 7.99. The van der Waals surface area contributed by atoms with Crippen molar-refractivity contribution >= 4 is 29.3 Å². The molecule has 1 aromatic carbocycles. The molecule has 0 heterocycles. The van der Waals surface area contributed by atoms with Gasteiger partial charge in [-0.05, 0) is 56.9 Å². The summed E-state index contributed by atoms with van der Waals surface area (Å²) in [6.45, 7) is 4.10. The van der Waals surface area contributed by atoms with Gasteiger partial charge in [0.15, 0.2) is 0 Å². The van der Waals surface area contributed by atoms with Crippen molar-refractivity contribution in [2.45, 2.75) is 43.2 Å². The van der Waals surface area contributed by atoms with Crippen LogP contribution in [-0.4, -0.2) is 23.2 Å². The van der Waals surface area contributed by atoms with Crippen molar-refractivity contribution in [1.82, 2.24) is 5.32 Å². The molecule has 5 heteroatoms. The largest absolute Gasteiger partial charge is 0.368 e. The van der Waals surface area contributed by atoms with E-state index in [9.17, 15) is 4.79 Å². The normalized spacial score (nSPS) is 18.0. The van der Waals surface area contributed by atoms with E-state index in [0.717, 1.165) is 22.8 Å². The van der Waals surface area contributed by atoms with Crippen molar-refractivity contribution in [2.75, 3.05) is 5.75 Å². The fourth-order valence-electron chi connectivity index (χ4n) is 2.44. The minimum atomic E-state index is -0.599. The lowest BCUT2D eigenvalue weighted by Crippen LogP contribution is -2.61. The van der Waals surface area contributed by atoms with Crippen LogP contribution in [0.15, 0.2) is 29.2 Å². The van der Waals surface area contributed by atoms with Crippen molar-refractivity contribution in [3.63, 3.8) is 0 Å². The predicted molar refractivity (Wildman–Crippen MR) is 85.1 cm³/mol. The van der Waals surface area contributed by atoms with Gasteiger partial charge < -0.3 is 11.1 Å². The molecule has 0 bridgehead atoms. The number of halogens is 1. The monoisotopic (exact) mass is 312 g/mol. The van der Waals surface area contributed by atoms with Crippen LogP contribution in [0.4, 0.5) is 0 Å². The van der Waals surface area contributed by atoms with Gasteiger partial charge in [0.25, 0.3) is 0 Å². The lowest BCUT2D eigenvalue weighted by molar-refractivity contribution is -0.124. The third-order valence-corrected chi connectivity index (χ3v) is 5.00. The number of hydrogen-bond acceptors (Lipinski definition) is 3. The van der Waals surface area contributed by atoms with Crippen molar-refractivity contribution in [1.29, 1.82) is 0 Å². The molecule has 1 aliphatic carbocycles. The average molecular weight is 313 g/mol. The highest BCUT2D eigenvalue weighted by atomic mass is 35.5. The van der Waals surface area contributed by atoms with Crippen LogP contribution < -0.4 is 11.1 Å². The SMILES string of the molecule is CC(C)NC(CSc1ccc(Cl)cc1)(C(N)=O)C1CC1. The first-order chi connectivity index (χ1) is 9.44. The van der Waals surface area contributed by atoms with E-state index in [0.29, 0.717) is 11.7 Å². The maximum atomic E-state index is 12.0. The fraction of sp³-hybridized carbons (Fsp3) is 0.533. The van der Waals surface area contributed by atoms with Crippen LogP contribution in [0.1, 0.15) is 26.7 Å². The number of benzene rings is 1. The number of hydrogen-bond donors (Lipinski definition) is 2. The van der Waals surface area contributed by atoms with Gasteiger partial charge in [-0.2, -0.15) is 0 Å². The number of rotatable bonds is 7. The second-order valence-electron chi connectivity index (χ2n) is 5.65. The molecular weight excluding hydrogens is 292 g/mol. The molecule has 1 saturated carbocycles. The van der Waals surface area contributed by atoms with E-state index in [2.05, 4.69) is 5.32 Å². The topological polar surface area (TPSA) is 55.1 Å². The van der Waals surface area contributed by atoms with Gasteiger partial charge >= 0.3 is 0 Å². The number of nitrogens with one attached hydrogen (secondary N) is 1. The van der Waals surface area contributed by atoms with Gasteiger partial charge in [0, 0.05) is 21.7 Å². The van der Waals surface area contributed by atoms with E-state index in [1.807, 2.05) is 38.1 Å². The zero-order valence-corrected chi connectivity index (χ0v) is 13.4. The van der Waals surface area contributed by atoms with Crippen molar-refractivity contribution in [3.05, 3.63) is 29.3 Å². The molecule has 1 amide bonds. The highest BCUT2D eigenvalue weighted by Crippen LogP contribution is 2.42. The molecule has 2 rings (SSSR count). The second-order valence-corrected chi connectivity index (χ2v) is 7.14. The third-order valence-electron chi connectivity index (χ3n) is 3.54. The molecule has 0 radical (unpaired) electrons. The zero-order valence-electron chi connectivity index (χ0n) is 11.9. The van der Waals surface area contributed by atoms with Crippen LogP contribution in [0.5, 0.6) is 0 Å². The summed E-state index contributed by atoms with van der Waals surface area (Å²) in [5.74, 6) is 0.782. The van der Waals surface area contributed by atoms with Gasteiger partial charge in [0.1, 0.15) is 5.54 Å². The Morgan fingerprint density at radius 1 is 1.45 bits per heavy atom. The first kappa shape index (κ1) is 15.7. The molecule has 0 aromatic heterocycles. The lowest BCUT2D eigenvalue weighted by atomic mass is 9.93. The quantitative estimate of drug-likeness (QED) is 0.761. The fourth-order valence-corrected chi connectivity index (χ4v) is 3.75. The van der Waals surface area contributed by atoms with E-state index in [-0.39, 0.29) is 11.9 Å². The predicted octanol–water partition coefficient (Wildman–Crippen LogP) is 3.06. The summed E-state index contributed by atoms with van der Waals surface area (Å²) >= 11 is 7.54. The zero-order chi connectivity index (χ0) is 14.8. The molecule has 3 N–H and O–H groups in total. The van der Waals surface area contributed by atoms with Gasteiger partial charge in [-0.1, -0.05) is 11.6 Å². The van der Waals surface area contributed by atoms with Gasteiger partial charge in [-0.15, -0.1) is 11.8 Å². The smallest absolute Gasteiger partial charge is 0.238 e. The molecule has 1 unspecified atom stereocenters. The molecule has 20 heavy (non-hydrogen) atoms. The number of primary amides is 1. The van der Waals surface area contributed by atoms with Crippen LogP contribution >= 0.6 is 23.4 Å². The lowest BCUT2D eigenvalue weighted by Gasteiger charge is -2.33. The Balaban J connectivity index is 2.11. The summed E-state index contributed by atoms with van der Waals surface area (Å²) in [4.78, 5) is 13.1. The Kier molecular flexibility index (Phi) is 4.99. The van der Waals surface area contributed by atoms with E-state index in [4.69, 9.17) is 17.3 Å². The molecule has 0 saturated heterocycles. The Hall–Kier alpha value is -0.710. The number of amides is 1. The number of carbonyl (C=O) groups excluding carboxylic acids is 1. The standard InChI is InChI=1S/C15H21ClN2OS/c1-10(2)18-15(14(17)19,11-3-4-11)9-20-13-7-5-12(16)6-8-13/h5-8,10-11,18H,3-4,9H2,1-2H3,(H2,17,19). The van der Waals surface area contributed by atoms with Gasteiger partial charge in [-0.3, -0.25) is 4.79 Å². The maximum absolute atomic E-state index is 12.0. The Morgan fingerprint density at radius 2 is 2.05 bits per heavy atom. The van der Waals surface area contributed by atoms with Crippen molar-refractivity contribution < 1.29 is 4.79 Å². The summed E-state index contributed by atoms with van der Waals surface area (Å²) in [5, 5.41) is 4.14. The van der Waals surface area contributed by atoms with Crippen LogP contribution in [0.25, 0.3) is 0 Å². The molecular formula is C15H21ClN2OS. The minimum absolute atomic E-state index is 0.230. The summed E-state index contributed by atoms with van der Waals surface area (Å²) < 4.78 is 0. The molecule has 1 aromatic rings. The van der Waals surface area contributed by atoms with Crippen LogP contribution in [0.2, 0.25) is 5.02 Å². The van der Waals surface area contributed by atoms with E-state index < -0.39 is 5.54 Å². The van der Waals surface area contributed by atoms with Crippen LogP contribution in [0, 0.1) is 5.92 Å². The molecule has 1 aliphatic rings. The first-order valence-corrected chi connectivity index (χ1v) is 8.26. The summed E-state index contributed by atoms with van der Waals surface area (Å²) in [5.41, 5.74) is 5.11. The van der Waals surface area contributed by atoms with Gasteiger partial charge in [0.05, 0.1) is 0 Å². The molecule has 110 valence electrons. The maximum Gasteiger partial charge on any atom is 0.238 e. The van der Waals surface area contributed by atoms with E-state index >= 15 is 0 Å². The minimum Gasteiger partial charge on any atom is -0.368 e. The van der Waals surface area contributed by atoms with Crippen LogP contribution in [-0.2, 0) is 4.79 Å². The van der Waals surface area contributed by atoms with E-state index in [1.54, 1.807) is 11.8 Å². The van der Waals surface area contributed by atoms with Gasteiger partial charge in [0.2, 0.25) is 5.91 Å². The molecule has 1 fully saturated rings. The number of thioether (sulfide) groups is 1. The average Bonchev–Trinajstić information content (AvgIpc) is 3.20. The molecule has 3 nitrogen and oxygen atoms in total. The highest BCUT2D eigenvalue weighted by Gasteiger charge is 2.49. The summed E-state index contributed by atoms with van der Waals surface area (Å²) in [6, 6.07) is 7.90. The Bertz CT molecular complexity index is 473. The molecule has 0 spiro atoms. The first-order valence-electron chi connectivity index (χ1n) is 6.90. The summed E-state index contributed by atoms with van der Waals surface area (Å²) in [6.07, 6.45) is 2.15. The Labute approximate surface area is 129 Å². The third kappa shape index (κ3) is 3.68. The molecule has 0 aliphatic heterocycles. The van der Waals surface area contributed by atoms with E-state index in [1.165, 1.54) is 0 Å². The van der Waals surface area contributed by atoms with Crippen molar-refractivity contribution in [3.8, 4) is 0 Å². The Morgan fingerprint density at radius 3 is 2.50 bits per heavy atom.